The summed E-state index contributed by atoms with van der Waals surface area (Å²) in [5.41, 5.74) is 0. The van der Waals surface area contributed by atoms with Gasteiger partial charge in [0, 0.05) is 5.75 Å². The lowest BCUT2D eigenvalue weighted by Gasteiger charge is -2.26. The molecule has 0 aliphatic carbocycles. The molecule has 0 aromatic heterocycles. The number of nitrogens with one attached hydrogen (secondary N) is 1. The van der Waals surface area contributed by atoms with Gasteiger partial charge in [-0.1, -0.05) is 6.92 Å². The van der Waals surface area contributed by atoms with Gasteiger partial charge in [-0.05, 0) is 36.9 Å². The fourth-order valence-corrected chi connectivity index (χ4v) is 3.38. The molecule has 0 spiro atoms. The third kappa shape index (κ3) is 4.66. The van der Waals surface area contributed by atoms with E-state index >= 15 is 0 Å². The molecule has 5 heteroatoms. The summed E-state index contributed by atoms with van der Waals surface area (Å²) in [6.45, 7) is 3.99. The van der Waals surface area contributed by atoms with Crippen LogP contribution in [0.25, 0.3) is 0 Å². The van der Waals surface area contributed by atoms with E-state index in [2.05, 4.69) is 5.32 Å². The predicted molar refractivity (Wildman–Crippen MR) is 62.6 cm³/mol. The minimum atomic E-state index is -2.74. The Morgan fingerprint density at radius 3 is 2.64 bits per heavy atom. The van der Waals surface area contributed by atoms with Crippen LogP contribution in [-0.4, -0.2) is 44.5 Å². The zero-order valence-electron chi connectivity index (χ0n) is 8.66. The van der Waals surface area contributed by atoms with E-state index in [-0.39, 0.29) is 5.75 Å². The highest BCUT2D eigenvalue weighted by molar-refractivity contribution is 7.99. The van der Waals surface area contributed by atoms with E-state index in [0.717, 1.165) is 31.2 Å². The Hall–Kier alpha value is 0.260. The van der Waals surface area contributed by atoms with Crippen molar-refractivity contribution >= 4 is 21.6 Å². The highest BCUT2D eigenvalue weighted by atomic mass is 32.2. The van der Waals surface area contributed by atoms with Gasteiger partial charge in [-0.2, -0.15) is 11.8 Å². The molecule has 1 aliphatic rings. The summed E-state index contributed by atoms with van der Waals surface area (Å²) in [4.78, 5) is 0. The Kier molecular flexibility index (Phi) is 5.26. The van der Waals surface area contributed by atoms with Crippen LogP contribution in [0.5, 0.6) is 0 Å². The topological polar surface area (TPSA) is 46.2 Å². The van der Waals surface area contributed by atoms with E-state index < -0.39 is 9.84 Å². The van der Waals surface area contributed by atoms with Gasteiger partial charge in [0.1, 0.15) is 9.84 Å². The predicted octanol–water partition coefficient (Wildman–Crippen LogP) is 0.764. The third-order valence-corrected chi connectivity index (χ3v) is 5.48. The van der Waals surface area contributed by atoms with Crippen molar-refractivity contribution in [3.05, 3.63) is 0 Å². The van der Waals surface area contributed by atoms with Crippen molar-refractivity contribution < 1.29 is 8.42 Å². The van der Waals surface area contributed by atoms with E-state index in [1.54, 1.807) is 6.92 Å². The molecule has 0 saturated carbocycles. The normalized spacial score (nSPS) is 18.1. The maximum absolute atomic E-state index is 11.1. The van der Waals surface area contributed by atoms with Crippen LogP contribution in [-0.2, 0) is 9.84 Å². The van der Waals surface area contributed by atoms with E-state index in [1.165, 1.54) is 5.75 Å². The highest BCUT2D eigenvalue weighted by Crippen LogP contribution is 2.13. The molecule has 1 N–H and O–H groups in total. The molecule has 0 aromatic carbocycles. The first kappa shape index (κ1) is 12.3. The number of rotatable bonds is 7. The van der Waals surface area contributed by atoms with Gasteiger partial charge in [-0.15, -0.1) is 0 Å². The fourth-order valence-electron chi connectivity index (χ4n) is 1.24. The van der Waals surface area contributed by atoms with Gasteiger partial charge in [0.2, 0.25) is 0 Å². The number of hydrogen-bond acceptors (Lipinski definition) is 4. The average Bonchev–Trinajstić information content (AvgIpc) is 2.08. The maximum atomic E-state index is 11.1. The molecule has 0 bridgehead atoms. The third-order valence-electron chi connectivity index (χ3n) is 2.40. The molecule has 0 radical (unpaired) electrons. The standard InChI is InChI=1S/C9H19NO2S2/c1-2-14(11,12)5-3-4-13-8-9-6-10-7-9/h9-10H,2-8H2,1H3. The summed E-state index contributed by atoms with van der Waals surface area (Å²) in [6.07, 6.45) is 0.807. The minimum absolute atomic E-state index is 0.282. The molecular weight excluding hydrogens is 218 g/mol. The van der Waals surface area contributed by atoms with Crippen molar-refractivity contribution in [2.24, 2.45) is 5.92 Å². The lowest BCUT2D eigenvalue weighted by atomic mass is 10.1. The van der Waals surface area contributed by atoms with Crippen LogP contribution < -0.4 is 5.32 Å². The molecule has 84 valence electrons. The molecule has 0 atom stereocenters. The lowest BCUT2D eigenvalue weighted by Crippen LogP contribution is -2.43. The second kappa shape index (κ2) is 5.98. The van der Waals surface area contributed by atoms with Crippen molar-refractivity contribution in [1.29, 1.82) is 0 Å². The van der Waals surface area contributed by atoms with Gasteiger partial charge in [0.25, 0.3) is 0 Å². The van der Waals surface area contributed by atoms with E-state index in [1.807, 2.05) is 11.8 Å². The van der Waals surface area contributed by atoms with Gasteiger partial charge < -0.3 is 5.32 Å². The van der Waals surface area contributed by atoms with Gasteiger partial charge in [-0.25, -0.2) is 8.42 Å². The van der Waals surface area contributed by atoms with Crippen LogP contribution in [0.15, 0.2) is 0 Å². The Balaban J connectivity index is 1.93. The van der Waals surface area contributed by atoms with Gasteiger partial charge in [-0.3, -0.25) is 0 Å². The summed E-state index contributed by atoms with van der Waals surface area (Å²) < 4.78 is 22.3. The van der Waals surface area contributed by atoms with Gasteiger partial charge in [0.15, 0.2) is 0 Å². The Labute approximate surface area is 91.0 Å². The molecule has 1 saturated heterocycles. The SMILES string of the molecule is CCS(=O)(=O)CCCSCC1CNC1. The minimum Gasteiger partial charge on any atom is -0.316 e. The van der Waals surface area contributed by atoms with Crippen LogP contribution in [0.4, 0.5) is 0 Å². The van der Waals surface area contributed by atoms with Crippen LogP contribution in [0.1, 0.15) is 13.3 Å². The quantitative estimate of drug-likeness (QED) is 0.664. The molecule has 14 heavy (non-hydrogen) atoms. The zero-order chi connectivity index (χ0) is 10.4. The smallest absolute Gasteiger partial charge is 0.150 e. The Morgan fingerprint density at radius 1 is 1.43 bits per heavy atom. The Bertz CT molecular complexity index is 248. The van der Waals surface area contributed by atoms with Crippen LogP contribution >= 0.6 is 11.8 Å². The first-order chi connectivity index (χ1) is 6.64. The average molecular weight is 237 g/mol. The van der Waals surface area contributed by atoms with Crippen molar-refractivity contribution in [3.63, 3.8) is 0 Å². The number of thioether (sulfide) groups is 1. The van der Waals surface area contributed by atoms with Gasteiger partial charge in [0.05, 0.1) is 5.75 Å². The summed E-state index contributed by atoms with van der Waals surface area (Å²) in [7, 11) is -2.74. The Morgan fingerprint density at radius 2 is 2.14 bits per heavy atom. The molecule has 1 fully saturated rings. The monoisotopic (exact) mass is 237 g/mol. The number of sulfone groups is 1. The summed E-state index contributed by atoms with van der Waals surface area (Å²) >= 11 is 1.88. The first-order valence-corrected chi connectivity index (χ1v) is 8.10. The van der Waals surface area contributed by atoms with Gasteiger partial charge >= 0.3 is 0 Å². The maximum Gasteiger partial charge on any atom is 0.150 e. The van der Waals surface area contributed by atoms with Crippen LogP contribution in [0.3, 0.4) is 0 Å². The van der Waals surface area contributed by atoms with Crippen molar-refractivity contribution in [2.45, 2.75) is 13.3 Å². The van der Waals surface area contributed by atoms with Crippen molar-refractivity contribution in [2.75, 3.05) is 36.1 Å². The molecule has 1 heterocycles. The first-order valence-electron chi connectivity index (χ1n) is 5.13. The number of hydrogen-bond donors (Lipinski definition) is 1. The molecule has 1 aliphatic heterocycles. The van der Waals surface area contributed by atoms with Crippen molar-refractivity contribution in [1.82, 2.24) is 5.32 Å². The molecule has 0 unspecified atom stereocenters. The lowest BCUT2D eigenvalue weighted by molar-refractivity contribution is 0.385. The van der Waals surface area contributed by atoms with E-state index in [9.17, 15) is 8.42 Å². The summed E-state index contributed by atoms with van der Waals surface area (Å²) in [5, 5.41) is 3.23. The van der Waals surface area contributed by atoms with E-state index in [4.69, 9.17) is 0 Å². The molecule has 1 rings (SSSR count). The molecule has 3 nitrogen and oxygen atoms in total. The second-order valence-electron chi connectivity index (χ2n) is 3.69. The fraction of sp³-hybridized carbons (Fsp3) is 1.00. The molecule has 0 aromatic rings. The zero-order valence-corrected chi connectivity index (χ0v) is 10.3. The summed E-state index contributed by atoms with van der Waals surface area (Å²) in [6, 6.07) is 0. The summed E-state index contributed by atoms with van der Waals surface area (Å²) in [5.74, 6) is 3.63. The largest absolute Gasteiger partial charge is 0.316 e. The van der Waals surface area contributed by atoms with Crippen LogP contribution in [0, 0.1) is 5.92 Å². The van der Waals surface area contributed by atoms with Crippen LogP contribution in [0.2, 0.25) is 0 Å². The van der Waals surface area contributed by atoms with Crippen molar-refractivity contribution in [3.8, 4) is 0 Å². The second-order valence-corrected chi connectivity index (χ2v) is 7.31. The molecule has 0 amide bonds. The molecular formula is C9H19NO2S2. The highest BCUT2D eigenvalue weighted by Gasteiger charge is 2.16. The van der Waals surface area contributed by atoms with E-state index in [0.29, 0.717) is 5.75 Å².